The van der Waals surface area contributed by atoms with Gasteiger partial charge in [0.15, 0.2) is 0 Å². The van der Waals surface area contributed by atoms with E-state index in [1.807, 2.05) is 0 Å². The van der Waals surface area contributed by atoms with Gasteiger partial charge in [0.05, 0.1) is 32.2 Å². The topological polar surface area (TPSA) is 76.2 Å². The quantitative estimate of drug-likeness (QED) is 0.638. The summed E-state index contributed by atoms with van der Waals surface area (Å²) in [7, 11) is 3.03. The molecule has 2 unspecified atom stereocenters. The second-order valence-corrected chi connectivity index (χ2v) is 5.23. The fourth-order valence-corrected chi connectivity index (χ4v) is 2.60. The van der Waals surface area contributed by atoms with E-state index >= 15 is 0 Å². The second-order valence-electron chi connectivity index (χ2n) is 5.23. The monoisotopic (exact) mass is 284 g/mol. The zero-order valence-corrected chi connectivity index (χ0v) is 11.8. The van der Waals surface area contributed by atoms with E-state index < -0.39 is 0 Å². The van der Waals surface area contributed by atoms with Crippen molar-refractivity contribution in [2.24, 2.45) is 5.92 Å². The Morgan fingerprint density at radius 1 is 1.40 bits per heavy atom. The Morgan fingerprint density at radius 3 is 2.75 bits per heavy atom. The first kappa shape index (κ1) is 14.8. The zero-order chi connectivity index (χ0) is 14.7. The Labute approximate surface area is 117 Å². The molecule has 2 fully saturated rings. The van der Waals surface area contributed by atoms with Gasteiger partial charge in [-0.2, -0.15) is 0 Å². The fraction of sp³-hybridized carbons (Fsp3) is 0.769. The molecule has 2 heterocycles. The summed E-state index contributed by atoms with van der Waals surface area (Å²) in [6.07, 6.45) is 0.0907. The number of carbonyl (C=O) groups is 3. The van der Waals surface area contributed by atoms with Crippen molar-refractivity contribution < 1.29 is 23.9 Å². The Hall–Kier alpha value is -1.63. The highest BCUT2D eigenvalue weighted by molar-refractivity contribution is 5.89. The lowest BCUT2D eigenvalue weighted by Crippen LogP contribution is -2.48. The first-order chi connectivity index (χ1) is 9.51. The van der Waals surface area contributed by atoms with Crippen LogP contribution in [-0.4, -0.2) is 74.1 Å². The van der Waals surface area contributed by atoms with Crippen LogP contribution in [0.3, 0.4) is 0 Å². The van der Waals surface area contributed by atoms with Crippen molar-refractivity contribution in [3.8, 4) is 0 Å². The van der Waals surface area contributed by atoms with Crippen molar-refractivity contribution >= 4 is 17.8 Å². The summed E-state index contributed by atoms with van der Waals surface area (Å²) in [5.74, 6) is -0.645. The highest BCUT2D eigenvalue weighted by Crippen LogP contribution is 2.20. The molecule has 2 amide bonds. The largest absolute Gasteiger partial charge is 0.469 e. The van der Waals surface area contributed by atoms with Gasteiger partial charge in [-0.05, 0) is 0 Å². The summed E-state index contributed by atoms with van der Waals surface area (Å²) < 4.78 is 10.1. The lowest BCUT2D eigenvalue weighted by molar-refractivity contribution is -0.151. The first-order valence-electron chi connectivity index (χ1n) is 6.72. The number of ether oxygens (including phenoxy) is 2. The van der Waals surface area contributed by atoms with Gasteiger partial charge in [-0.25, -0.2) is 0 Å². The molecule has 0 aromatic rings. The summed E-state index contributed by atoms with van der Waals surface area (Å²) in [5, 5.41) is 0. The van der Waals surface area contributed by atoms with E-state index in [9.17, 15) is 14.4 Å². The normalized spacial score (nSPS) is 26.8. The number of methoxy groups -OCH3 is 1. The fourth-order valence-electron chi connectivity index (χ4n) is 2.60. The molecule has 0 N–H and O–H groups in total. The molecular formula is C13H20N2O5. The summed E-state index contributed by atoms with van der Waals surface area (Å²) >= 11 is 0. The molecule has 0 radical (unpaired) electrons. The lowest BCUT2D eigenvalue weighted by Gasteiger charge is -2.33. The Bertz CT molecular complexity index is 412. The van der Waals surface area contributed by atoms with Gasteiger partial charge in [0.25, 0.3) is 0 Å². The summed E-state index contributed by atoms with van der Waals surface area (Å²) in [4.78, 5) is 38.4. The maximum atomic E-state index is 12.4. The summed E-state index contributed by atoms with van der Waals surface area (Å²) in [6, 6.07) is 0. The van der Waals surface area contributed by atoms with Crippen molar-refractivity contribution in [3.63, 3.8) is 0 Å². The molecule has 2 aliphatic rings. The van der Waals surface area contributed by atoms with Crippen LogP contribution in [0, 0.1) is 5.92 Å². The number of morpholine rings is 1. The molecule has 0 aromatic heterocycles. The number of hydrogen-bond donors (Lipinski definition) is 0. The van der Waals surface area contributed by atoms with Crippen LogP contribution in [0.1, 0.15) is 12.8 Å². The zero-order valence-electron chi connectivity index (χ0n) is 11.8. The van der Waals surface area contributed by atoms with Crippen molar-refractivity contribution in [3.05, 3.63) is 0 Å². The minimum Gasteiger partial charge on any atom is -0.469 e. The van der Waals surface area contributed by atoms with E-state index in [0.29, 0.717) is 26.2 Å². The molecule has 2 aliphatic heterocycles. The molecule has 0 bridgehead atoms. The Balaban J connectivity index is 1.90. The van der Waals surface area contributed by atoms with Gasteiger partial charge in [-0.1, -0.05) is 0 Å². The number of esters is 1. The van der Waals surface area contributed by atoms with E-state index in [0.717, 1.165) is 0 Å². The van der Waals surface area contributed by atoms with Crippen LogP contribution in [-0.2, 0) is 23.9 Å². The third kappa shape index (κ3) is 3.27. The SMILES string of the molecule is COC(=O)CC1CN(C(=O)C2CC(=O)N(C)C2)CCO1. The van der Waals surface area contributed by atoms with Gasteiger partial charge in [-0.3, -0.25) is 14.4 Å². The smallest absolute Gasteiger partial charge is 0.308 e. The molecule has 2 atom stereocenters. The minimum absolute atomic E-state index is 0.00252. The predicted octanol–water partition coefficient (Wildman–Crippen LogP) is -0.745. The maximum absolute atomic E-state index is 12.4. The summed E-state index contributed by atoms with van der Waals surface area (Å²) in [5.41, 5.74) is 0. The van der Waals surface area contributed by atoms with Crippen molar-refractivity contribution in [1.82, 2.24) is 9.80 Å². The van der Waals surface area contributed by atoms with Crippen LogP contribution in [0.4, 0.5) is 0 Å². The molecule has 0 saturated carbocycles. The van der Waals surface area contributed by atoms with Gasteiger partial charge in [0.2, 0.25) is 11.8 Å². The highest BCUT2D eigenvalue weighted by Gasteiger charge is 2.36. The highest BCUT2D eigenvalue weighted by atomic mass is 16.5. The standard InChI is InChI=1S/C13H20N2O5/c1-14-7-9(5-11(14)16)13(18)15-3-4-20-10(8-15)6-12(17)19-2/h9-10H,3-8H2,1-2H3. The Kier molecular flexibility index (Phi) is 4.59. The number of hydrogen-bond acceptors (Lipinski definition) is 5. The molecule has 2 rings (SSSR count). The van der Waals surface area contributed by atoms with Gasteiger partial charge < -0.3 is 19.3 Å². The van der Waals surface area contributed by atoms with Crippen molar-refractivity contribution in [1.29, 1.82) is 0 Å². The van der Waals surface area contributed by atoms with Crippen LogP contribution in [0.2, 0.25) is 0 Å². The van der Waals surface area contributed by atoms with E-state index in [1.54, 1.807) is 16.8 Å². The Morgan fingerprint density at radius 2 is 2.15 bits per heavy atom. The number of carbonyl (C=O) groups excluding carboxylic acids is 3. The first-order valence-corrected chi connectivity index (χ1v) is 6.72. The van der Waals surface area contributed by atoms with E-state index in [4.69, 9.17) is 4.74 Å². The average molecular weight is 284 g/mol. The third-order valence-electron chi connectivity index (χ3n) is 3.76. The molecular weight excluding hydrogens is 264 g/mol. The van der Waals surface area contributed by atoms with E-state index in [2.05, 4.69) is 4.74 Å². The molecule has 112 valence electrons. The minimum atomic E-state index is -0.347. The van der Waals surface area contributed by atoms with Crippen molar-refractivity contribution in [2.75, 3.05) is 40.4 Å². The van der Waals surface area contributed by atoms with Crippen LogP contribution in [0.25, 0.3) is 0 Å². The van der Waals surface area contributed by atoms with Crippen LogP contribution in [0.5, 0.6) is 0 Å². The number of amides is 2. The molecule has 2 saturated heterocycles. The van der Waals surface area contributed by atoms with Crippen LogP contribution in [0.15, 0.2) is 0 Å². The maximum Gasteiger partial charge on any atom is 0.308 e. The molecule has 20 heavy (non-hydrogen) atoms. The summed E-state index contributed by atoms with van der Waals surface area (Å²) in [6.45, 7) is 1.76. The number of likely N-dealkylation sites (tertiary alicyclic amines) is 1. The third-order valence-corrected chi connectivity index (χ3v) is 3.76. The van der Waals surface area contributed by atoms with E-state index in [-0.39, 0.29) is 42.6 Å². The van der Waals surface area contributed by atoms with Gasteiger partial charge >= 0.3 is 5.97 Å². The second kappa shape index (κ2) is 6.21. The lowest BCUT2D eigenvalue weighted by atomic mass is 10.1. The van der Waals surface area contributed by atoms with Gasteiger partial charge in [0.1, 0.15) is 0 Å². The number of nitrogens with zero attached hydrogens (tertiary/aromatic N) is 2. The number of rotatable bonds is 3. The van der Waals surface area contributed by atoms with Gasteiger partial charge in [0, 0.05) is 33.1 Å². The van der Waals surface area contributed by atoms with E-state index in [1.165, 1.54) is 7.11 Å². The van der Waals surface area contributed by atoms with Gasteiger partial charge in [-0.15, -0.1) is 0 Å². The van der Waals surface area contributed by atoms with Crippen LogP contribution < -0.4 is 0 Å². The predicted molar refractivity (Wildman–Crippen MR) is 68.7 cm³/mol. The van der Waals surface area contributed by atoms with Crippen molar-refractivity contribution in [2.45, 2.75) is 18.9 Å². The molecule has 0 spiro atoms. The molecule has 7 nitrogen and oxygen atoms in total. The molecule has 7 heteroatoms. The molecule has 0 aliphatic carbocycles. The average Bonchev–Trinajstić information content (AvgIpc) is 2.78. The molecule has 0 aromatic carbocycles. The van der Waals surface area contributed by atoms with Crippen LogP contribution >= 0.6 is 0 Å².